The maximum absolute atomic E-state index is 12.6. The lowest BCUT2D eigenvalue weighted by Gasteiger charge is -2.53. The van der Waals surface area contributed by atoms with Gasteiger partial charge in [0.2, 0.25) is 0 Å². The molecule has 0 radical (unpaired) electrons. The van der Waals surface area contributed by atoms with E-state index in [1.165, 1.54) is 11.5 Å². The molecule has 0 spiro atoms. The fourth-order valence-electron chi connectivity index (χ4n) is 2.37. The van der Waals surface area contributed by atoms with Gasteiger partial charge in [-0.2, -0.15) is 0 Å². The molecule has 0 amide bonds. The smallest absolute Gasteiger partial charge is 0.0977 e. The number of aromatic nitrogens is 1. The Morgan fingerprint density at radius 3 is 2.56 bits per heavy atom. The van der Waals surface area contributed by atoms with Crippen molar-refractivity contribution in [2.75, 3.05) is 13.3 Å². The molecule has 1 fully saturated rings. The predicted molar refractivity (Wildman–Crippen MR) is 57.6 cm³/mol. The predicted octanol–water partition coefficient (Wildman–Crippen LogP) is 1.59. The second kappa shape index (κ2) is 4.01. The van der Waals surface area contributed by atoms with Crippen LogP contribution in [-0.2, 0) is 0 Å². The molecule has 2 rings (SSSR count). The van der Waals surface area contributed by atoms with Crippen molar-refractivity contribution in [3.8, 4) is 0 Å². The summed E-state index contributed by atoms with van der Waals surface area (Å²) < 4.78 is 29.2. The number of halogens is 2. The van der Waals surface area contributed by atoms with E-state index >= 15 is 0 Å². The van der Waals surface area contributed by atoms with Gasteiger partial charge in [-0.05, 0) is 24.4 Å². The fourth-order valence-corrected chi connectivity index (χ4v) is 2.94. The lowest BCUT2D eigenvalue weighted by molar-refractivity contribution is -0.158. The van der Waals surface area contributed by atoms with Crippen molar-refractivity contribution < 1.29 is 13.9 Å². The summed E-state index contributed by atoms with van der Waals surface area (Å²) in [5.74, 6) is 0. The minimum atomic E-state index is -1.19. The van der Waals surface area contributed by atoms with Crippen LogP contribution < -0.4 is 5.73 Å². The fraction of sp³-hybridized carbons (Fsp3) is 0.700. The molecule has 1 aromatic rings. The molecule has 90 valence electrons. The van der Waals surface area contributed by atoms with Crippen molar-refractivity contribution in [1.82, 2.24) is 4.37 Å². The van der Waals surface area contributed by atoms with Crippen molar-refractivity contribution in [3.05, 3.63) is 17.1 Å². The number of hydrogen-bond donors (Lipinski definition) is 2. The van der Waals surface area contributed by atoms with E-state index in [0.29, 0.717) is 0 Å². The van der Waals surface area contributed by atoms with Crippen LogP contribution in [0, 0.1) is 5.41 Å². The molecule has 1 aliphatic rings. The zero-order valence-corrected chi connectivity index (χ0v) is 9.51. The van der Waals surface area contributed by atoms with Crippen molar-refractivity contribution in [2.45, 2.75) is 24.5 Å². The monoisotopic (exact) mass is 248 g/mol. The van der Waals surface area contributed by atoms with Gasteiger partial charge in [0.1, 0.15) is 0 Å². The molecule has 0 bridgehead atoms. The lowest BCUT2D eigenvalue weighted by atomic mass is 9.57. The number of rotatable bonds is 4. The summed E-state index contributed by atoms with van der Waals surface area (Å²) in [7, 11) is 0. The molecule has 3 nitrogen and oxygen atoms in total. The molecule has 1 saturated carbocycles. The van der Waals surface area contributed by atoms with Crippen molar-refractivity contribution >= 4 is 11.5 Å². The highest BCUT2D eigenvalue weighted by Crippen LogP contribution is 2.53. The van der Waals surface area contributed by atoms with E-state index in [0.717, 1.165) is 5.56 Å². The quantitative estimate of drug-likeness (QED) is 0.850. The van der Waals surface area contributed by atoms with E-state index in [1.54, 1.807) is 11.6 Å². The topological polar surface area (TPSA) is 59.1 Å². The molecular formula is C10H14F2N2OS. The molecule has 1 aliphatic carbocycles. The van der Waals surface area contributed by atoms with E-state index in [9.17, 15) is 13.9 Å². The molecule has 16 heavy (non-hydrogen) atoms. The Hall–Kier alpha value is -0.590. The van der Waals surface area contributed by atoms with Crippen LogP contribution in [-0.4, -0.2) is 28.4 Å². The van der Waals surface area contributed by atoms with E-state index in [2.05, 4.69) is 4.37 Å². The van der Waals surface area contributed by atoms with Gasteiger partial charge in [0.05, 0.1) is 25.0 Å². The van der Waals surface area contributed by atoms with Gasteiger partial charge >= 0.3 is 0 Å². The largest absolute Gasteiger partial charge is 0.388 e. The van der Waals surface area contributed by atoms with Gasteiger partial charge in [-0.25, -0.2) is 4.37 Å². The standard InChI is InChI=1S/C10H14F2N2OS/c11-5-9(6-12)3-10(15,4-9)8(13)7-1-14-16-2-7/h1-2,8,15H,3-6,13H2. The molecule has 0 saturated heterocycles. The first-order valence-electron chi connectivity index (χ1n) is 5.04. The summed E-state index contributed by atoms with van der Waals surface area (Å²) in [4.78, 5) is 0. The Labute approximate surface area is 96.4 Å². The normalized spacial score (nSPS) is 23.8. The van der Waals surface area contributed by atoms with E-state index in [4.69, 9.17) is 5.73 Å². The molecule has 1 atom stereocenters. The maximum Gasteiger partial charge on any atom is 0.0977 e. The van der Waals surface area contributed by atoms with Crippen LogP contribution in [0.3, 0.4) is 0 Å². The molecule has 1 heterocycles. The van der Waals surface area contributed by atoms with Crippen LogP contribution in [0.1, 0.15) is 24.4 Å². The van der Waals surface area contributed by atoms with Gasteiger partial charge in [-0.1, -0.05) is 0 Å². The van der Waals surface area contributed by atoms with Gasteiger partial charge in [-0.15, -0.1) is 0 Å². The van der Waals surface area contributed by atoms with Crippen molar-refractivity contribution in [2.24, 2.45) is 11.1 Å². The third-order valence-electron chi connectivity index (χ3n) is 3.32. The Bertz CT molecular complexity index is 346. The Kier molecular flexibility index (Phi) is 2.98. The second-order valence-corrected chi connectivity index (χ2v) is 5.32. The SMILES string of the molecule is NC(c1cnsc1)C1(O)CC(CF)(CF)C1. The number of nitrogens with two attached hydrogens (primary N) is 1. The summed E-state index contributed by atoms with van der Waals surface area (Å²) in [6.07, 6.45) is 1.73. The first-order chi connectivity index (χ1) is 7.55. The van der Waals surface area contributed by atoms with Crippen molar-refractivity contribution in [1.29, 1.82) is 0 Å². The summed E-state index contributed by atoms with van der Waals surface area (Å²) >= 11 is 1.24. The highest BCUT2D eigenvalue weighted by Gasteiger charge is 2.57. The average Bonchev–Trinajstić information content (AvgIpc) is 2.76. The first-order valence-corrected chi connectivity index (χ1v) is 5.88. The molecule has 0 aromatic carbocycles. The number of hydrogen-bond acceptors (Lipinski definition) is 4. The average molecular weight is 248 g/mol. The Morgan fingerprint density at radius 2 is 2.12 bits per heavy atom. The van der Waals surface area contributed by atoms with Gasteiger partial charge in [0, 0.05) is 22.6 Å². The van der Waals surface area contributed by atoms with E-state index in [1.807, 2.05) is 0 Å². The first kappa shape index (κ1) is 11.9. The lowest BCUT2D eigenvalue weighted by Crippen LogP contribution is -2.59. The van der Waals surface area contributed by atoms with Gasteiger partial charge < -0.3 is 10.8 Å². The second-order valence-electron chi connectivity index (χ2n) is 4.66. The number of aliphatic hydroxyl groups is 1. The molecule has 3 N–H and O–H groups in total. The van der Waals surface area contributed by atoms with Crippen LogP contribution in [0.25, 0.3) is 0 Å². The molecule has 1 unspecified atom stereocenters. The van der Waals surface area contributed by atoms with Crippen LogP contribution in [0.2, 0.25) is 0 Å². The maximum atomic E-state index is 12.6. The summed E-state index contributed by atoms with van der Waals surface area (Å²) in [5, 5.41) is 11.9. The van der Waals surface area contributed by atoms with Gasteiger partial charge in [0.25, 0.3) is 0 Å². The van der Waals surface area contributed by atoms with E-state index in [-0.39, 0.29) is 12.8 Å². The molecule has 0 aliphatic heterocycles. The number of alkyl halides is 2. The molecular weight excluding hydrogens is 234 g/mol. The summed E-state index contributed by atoms with van der Waals surface area (Å²) in [6, 6.07) is -0.613. The molecule has 6 heteroatoms. The van der Waals surface area contributed by atoms with Crippen LogP contribution in [0.4, 0.5) is 8.78 Å². The number of nitrogens with zero attached hydrogens (tertiary/aromatic N) is 1. The Balaban J connectivity index is 2.07. The third-order valence-corrected chi connectivity index (χ3v) is 3.92. The van der Waals surface area contributed by atoms with Gasteiger partial charge in [-0.3, -0.25) is 8.78 Å². The summed E-state index contributed by atoms with van der Waals surface area (Å²) in [6.45, 7) is -1.50. The minimum absolute atomic E-state index is 0.0734. The van der Waals surface area contributed by atoms with Crippen LogP contribution in [0.15, 0.2) is 11.6 Å². The highest BCUT2D eigenvalue weighted by atomic mass is 32.1. The zero-order chi connectivity index (χ0) is 11.8. The van der Waals surface area contributed by atoms with Gasteiger partial charge in [0.15, 0.2) is 0 Å². The van der Waals surface area contributed by atoms with E-state index < -0.39 is 30.4 Å². The van der Waals surface area contributed by atoms with Crippen LogP contribution >= 0.6 is 11.5 Å². The zero-order valence-electron chi connectivity index (χ0n) is 8.70. The molecule has 1 aromatic heterocycles. The summed E-state index contributed by atoms with van der Waals surface area (Å²) in [5.41, 5.74) is 4.39. The third kappa shape index (κ3) is 1.74. The highest BCUT2D eigenvalue weighted by molar-refractivity contribution is 7.03. The minimum Gasteiger partial charge on any atom is -0.388 e. The Morgan fingerprint density at radius 1 is 1.50 bits per heavy atom. The van der Waals surface area contributed by atoms with Crippen LogP contribution in [0.5, 0.6) is 0 Å². The van der Waals surface area contributed by atoms with Crippen molar-refractivity contribution in [3.63, 3.8) is 0 Å².